The third-order valence-corrected chi connectivity index (χ3v) is 2.87. The molecule has 0 atom stereocenters. The van der Waals surface area contributed by atoms with Gasteiger partial charge in [-0.05, 0) is 43.5 Å². The van der Waals surface area contributed by atoms with Crippen molar-refractivity contribution in [2.24, 2.45) is 0 Å². The van der Waals surface area contributed by atoms with E-state index in [9.17, 15) is 0 Å². The second kappa shape index (κ2) is 4.23. The Morgan fingerprint density at radius 1 is 1.21 bits per heavy atom. The fraction of sp³-hybridized carbons (Fsp3) is 0.111. The highest BCUT2D eigenvalue weighted by Gasteiger charge is 2.05. The van der Waals surface area contributed by atoms with Crippen molar-refractivity contribution in [3.63, 3.8) is 0 Å². The van der Waals surface area contributed by atoms with Crippen LogP contribution in [-0.4, -0.2) is 10.2 Å². The summed E-state index contributed by atoms with van der Waals surface area (Å²) in [6.07, 6.45) is 5.77. The minimum absolute atomic E-state index is 0.710. The maximum atomic E-state index is 5.31. The number of hydrogen-bond acceptors (Lipinski definition) is 3. The van der Waals surface area contributed by atoms with Gasteiger partial charge >= 0.3 is 0 Å². The zero-order valence-electron chi connectivity index (χ0n) is 7.08. The van der Waals surface area contributed by atoms with Crippen molar-refractivity contribution >= 4 is 31.9 Å². The van der Waals surface area contributed by atoms with Crippen LogP contribution < -0.4 is 0 Å². The largest absolute Gasteiger partial charge is 0.468 e. The van der Waals surface area contributed by atoms with E-state index in [1.54, 1.807) is 18.7 Å². The maximum absolute atomic E-state index is 5.31. The first-order valence-corrected chi connectivity index (χ1v) is 5.52. The summed E-state index contributed by atoms with van der Waals surface area (Å²) >= 11 is 6.74. The Morgan fingerprint density at radius 2 is 2.00 bits per heavy atom. The maximum Gasteiger partial charge on any atom is 0.109 e. The van der Waals surface area contributed by atoms with Crippen LogP contribution in [0.5, 0.6) is 0 Å². The molecule has 0 unspecified atom stereocenters. The monoisotopic (exact) mass is 316 g/mol. The highest BCUT2D eigenvalue weighted by molar-refractivity contribution is 9.10. The molecule has 0 N–H and O–H groups in total. The van der Waals surface area contributed by atoms with Gasteiger partial charge in [0.2, 0.25) is 0 Å². The number of nitrogens with zero attached hydrogens (tertiary/aromatic N) is 2. The fourth-order valence-corrected chi connectivity index (χ4v) is 1.78. The molecular weight excluding hydrogens is 312 g/mol. The van der Waals surface area contributed by atoms with Crippen LogP contribution in [0.4, 0.5) is 0 Å². The van der Waals surface area contributed by atoms with Crippen LogP contribution >= 0.6 is 31.9 Å². The number of furan rings is 1. The van der Waals surface area contributed by atoms with Crippen molar-refractivity contribution in [2.75, 3.05) is 0 Å². The van der Waals surface area contributed by atoms with Gasteiger partial charge in [-0.3, -0.25) is 0 Å². The first-order valence-electron chi connectivity index (χ1n) is 3.93. The summed E-state index contributed by atoms with van der Waals surface area (Å²) in [6.45, 7) is 0. The zero-order chi connectivity index (χ0) is 9.97. The molecule has 0 aliphatic rings. The van der Waals surface area contributed by atoms with Gasteiger partial charge < -0.3 is 4.42 Å². The first kappa shape index (κ1) is 9.86. The molecule has 0 fully saturated rings. The van der Waals surface area contributed by atoms with Crippen LogP contribution in [-0.2, 0) is 6.42 Å². The Balaban J connectivity index is 2.23. The number of aromatic nitrogens is 2. The van der Waals surface area contributed by atoms with Gasteiger partial charge in [0.05, 0.1) is 16.9 Å². The molecule has 2 heterocycles. The van der Waals surface area contributed by atoms with Crippen molar-refractivity contribution < 1.29 is 4.42 Å². The third kappa shape index (κ3) is 2.22. The minimum atomic E-state index is 0.710. The van der Waals surface area contributed by atoms with E-state index in [2.05, 4.69) is 42.1 Å². The molecule has 0 amide bonds. The molecule has 0 bridgehead atoms. The lowest BCUT2D eigenvalue weighted by molar-refractivity contribution is 0.519. The number of hydrogen-bond donors (Lipinski definition) is 0. The van der Waals surface area contributed by atoms with Crippen molar-refractivity contribution in [1.82, 2.24) is 10.2 Å². The Labute approximate surface area is 97.8 Å². The van der Waals surface area contributed by atoms with Gasteiger partial charge in [0.15, 0.2) is 0 Å². The Hall–Kier alpha value is -0.680. The highest BCUT2D eigenvalue weighted by atomic mass is 79.9. The predicted octanol–water partition coefficient (Wildman–Crippen LogP) is 3.19. The first-order chi connectivity index (χ1) is 6.75. The Bertz CT molecular complexity index is 442. The standard InChI is InChI=1S/C9H6Br2N2O/c10-7-2-8(14-5-7)1-6-3-12-13-4-9(6)11/h2-5H,1H2. The average Bonchev–Trinajstić information content (AvgIpc) is 2.56. The Kier molecular flexibility index (Phi) is 2.98. The zero-order valence-corrected chi connectivity index (χ0v) is 10.2. The highest BCUT2D eigenvalue weighted by Crippen LogP contribution is 2.20. The number of rotatable bonds is 2. The lowest BCUT2D eigenvalue weighted by Crippen LogP contribution is -1.90. The van der Waals surface area contributed by atoms with E-state index in [1.165, 1.54) is 0 Å². The molecule has 2 aromatic rings. The average molecular weight is 318 g/mol. The van der Waals surface area contributed by atoms with Gasteiger partial charge in [-0.2, -0.15) is 10.2 Å². The van der Waals surface area contributed by atoms with Crippen molar-refractivity contribution in [1.29, 1.82) is 0 Å². The molecule has 3 nitrogen and oxygen atoms in total. The molecular formula is C9H6Br2N2O. The van der Waals surface area contributed by atoms with Gasteiger partial charge in [0.25, 0.3) is 0 Å². The molecule has 2 aromatic heterocycles. The topological polar surface area (TPSA) is 38.9 Å². The normalized spacial score (nSPS) is 10.4. The van der Waals surface area contributed by atoms with Crippen molar-refractivity contribution in [3.8, 4) is 0 Å². The molecule has 0 radical (unpaired) electrons. The van der Waals surface area contributed by atoms with E-state index in [1.807, 2.05) is 6.07 Å². The summed E-state index contributed by atoms with van der Waals surface area (Å²) < 4.78 is 7.20. The summed E-state index contributed by atoms with van der Waals surface area (Å²) in [5.74, 6) is 0.894. The second-order valence-corrected chi connectivity index (χ2v) is 4.54. The van der Waals surface area contributed by atoms with Gasteiger partial charge in [0, 0.05) is 10.9 Å². The minimum Gasteiger partial charge on any atom is -0.468 e. The number of halogens is 2. The van der Waals surface area contributed by atoms with E-state index in [0.717, 1.165) is 20.3 Å². The van der Waals surface area contributed by atoms with Crippen LogP contribution in [0.2, 0.25) is 0 Å². The van der Waals surface area contributed by atoms with Crippen molar-refractivity contribution in [3.05, 3.63) is 45.0 Å². The van der Waals surface area contributed by atoms with Gasteiger partial charge in [0.1, 0.15) is 12.0 Å². The van der Waals surface area contributed by atoms with Crippen molar-refractivity contribution in [2.45, 2.75) is 6.42 Å². The summed E-state index contributed by atoms with van der Waals surface area (Å²) in [4.78, 5) is 0. The summed E-state index contributed by atoms with van der Waals surface area (Å²) in [6, 6.07) is 1.94. The molecule has 5 heteroatoms. The smallest absolute Gasteiger partial charge is 0.109 e. The molecule has 2 rings (SSSR count). The fourth-order valence-electron chi connectivity index (χ4n) is 1.10. The molecule has 0 aliphatic carbocycles. The lowest BCUT2D eigenvalue weighted by atomic mass is 10.2. The summed E-state index contributed by atoms with van der Waals surface area (Å²) in [5, 5.41) is 7.57. The van der Waals surface area contributed by atoms with Crippen LogP contribution in [0.3, 0.4) is 0 Å². The Morgan fingerprint density at radius 3 is 2.64 bits per heavy atom. The molecule has 0 spiro atoms. The van der Waals surface area contributed by atoms with E-state index >= 15 is 0 Å². The predicted molar refractivity (Wildman–Crippen MR) is 58.9 cm³/mol. The van der Waals surface area contributed by atoms with Gasteiger partial charge in [-0.1, -0.05) is 0 Å². The molecule has 0 saturated heterocycles. The summed E-state index contributed by atoms with van der Waals surface area (Å²) in [5.41, 5.74) is 1.06. The van der Waals surface area contributed by atoms with Gasteiger partial charge in [-0.25, -0.2) is 0 Å². The quantitative estimate of drug-likeness (QED) is 0.854. The summed E-state index contributed by atoms with van der Waals surface area (Å²) in [7, 11) is 0. The molecule has 14 heavy (non-hydrogen) atoms. The van der Waals surface area contributed by atoms with E-state index in [4.69, 9.17) is 4.42 Å². The third-order valence-electron chi connectivity index (χ3n) is 1.74. The van der Waals surface area contributed by atoms with Crippen LogP contribution in [0, 0.1) is 0 Å². The van der Waals surface area contributed by atoms with E-state index in [0.29, 0.717) is 6.42 Å². The SMILES string of the molecule is Brc1coc(Cc2cnncc2Br)c1. The molecule has 0 aliphatic heterocycles. The van der Waals surface area contributed by atoms with Gasteiger partial charge in [-0.15, -0.1) is 0 Å². The van der Waals surface area contributed by atoms with Crippen LogP contribution in [0.15, 0.2) is 38.1 Å². The van der Waals surface area contributed by atoms with Crippen LogP contribution in [0.25, 0.3) is 0 Å². The van der Waals surface area contributed by atoms with E-state index in [-0.39, 0.29) is 0 Å². The molecule has 0 aromatic carbocycles. The lowest BCUT2D eigenvalue weighted by Gasteiger charge is -1.98. The molecule has 72 valence electrons. The second-order valence-electron chi connectivity index (χ2n) is 2.77. The molecule has 0 saturated carbocycles. The van der Waals surface area contributed by atoms with Crippen LogP contribution in [0.1, 0.15) is 11.3 Å². The van der Waals surface area contributed by atoms with E-state index < -0.39 is 0 Å².